The van der Waals surface area contributed by atoms with Gasteiger partial charge in [-0.05, 0) is 28.8 Å². The Balaban J connectivity index is 1.22. The quantitative estimate of drug-likeness (QED) is 0.151. The third-order valence-corrected chi connectivity index (χ3v) is 11.5. The molecule has 1 unspecified atom stereocenters. The number of nitrogens with zero attached hydrogens (tertiary/aromatic N) is 2. The number of esters is 1. The number of carbonyl (C=O) groups excluding carboxylic acids is 3. The summed E-state index contributed by atoms with van der Waals surface area (Å²) < 4.78 is 7.64. The van der Waals surface area contributed by atoms with E-state index in [1.165, 1.54) is 45.8 Å². The molecule has 47 heavy (non-hydrogen) atoms. The average molecular weight is 678 g/mol. The van der Waals surface area contributed by atoms with Crippen LogP contribution in [0.3, 0.4) is 0 Å². The number of β-lactam (4-membered cyclic amide) rings is 1. The summed E-state index contributed by atoms with van der Waals surface area (Å²) in [7, 11) is 0. The zero-order valence-corrected chi connectivity index (χ0v) is 27.2. The zero-order chi connectivity index (χ0) is 32.3. The summed E-state index contributed by atoms with van der Waals surface area (Å²) >= 11 is 4.13. The summed E-state index contributed by atoms with van der Waals surface area (Å²) in [4.78, 5) is 60.1. The van der Waals surface area contributed by atoms with Gasteiger partial charge in [-0.15, -0.1) is 23.1 Å². The summed E-state index contributed by atoms with van der Waals surface area (Å²) in [6, 6.07) is 32.5. The van der Waals surface area contributed by atoms with Gasteiger partial charge in [-0.3, -0.25) is 24.3 Å². The third kappa shape index (κ3) is 6.47. The standard InChI is InChI=1S/C36H27N3O5S3/c40-25-20-29(46-26-17-10-18-37-30(25)26)47-27-21-45-35-31(38-28(41)19-22-11-4-1-5-12-22)34(42)39(35)32(27)36(43)44-33(23-13-6-2-7-14-23)24-15-8-3-9-16-24/h1-18,20,31,33,35H,19,21H2,(H,38,41)/t31?,35-/m1/s1. The molecule has 2 aliphatic heterocycles. The molecule has 2 atom stereocenters. The normalized spacial score (nSPS) is 17.3. The van der Waals surface area contributed by atoms with Gasteiger partial charge in [0, 0.05) is 22.9 Å². The SMILES string of the molecule is O=C(Cc1ccccc1)NC1C(=O)N2C(C(=O)OC(c3ccccc3)c3ccccc3)=C(Sc3cc(=O)c4ncccc4s3)CS[C@H]12. The Morgan fingerprint density at radius 3 is 2.26 bits per heavy atom. The van der Waals surface area contributed by atoms with Gasteiger partial charge in [-0.2, -0.15) is 0 Å². The molecule has 0 spiro atoms. The van der Waals surface area contributed by atoms with E-state index >= 15 is 0 Å². The van der Waals surface area contributed by atoms with Crippen LogP contribution in [0, 0.1) is 0 Å². The number of amides is 2. The average Bonchev–Trinajstić information content (AvgIpc) is 3.10. The first kappa shape index (κ1) is 30.9. The van der Waals surface area contributed by atoms with Crippen LogP contribution in [0.15, 0.2) is 135 Å². The summed E-state index contributed by atoms with van der Waals surface area (Å²) in [5.41, 5.74) is 2.69. The molecule has 0 radical (unpaired) electrons. The van der Waals surface area contributed by atoms with Crippen LogP contribution in [-0.2, 0) is 25.5 Å². The fourth-order valence-electron chi connectivity index (χ4n) is 5.55. The van der Waals surface area contributed by atoms with Crippen molar-refractivity contribution < 1.29 is 19.1 Å². The van der Waals surface area contributed by atoms with Crippen molar-refractivity contribution >= 4 is 62.9 Å². The smallest absolute Gasteiger partial charge is 0.356 e. The van der Waals surface area contributed by atoms with Gasteiger partial charge in [0.2, 0.25) is 11.3 Å². The number of fused-ring (bicyclic) bond motifs is 2. The third-order valence-electron chi connectivity index (χ3n) is 7.77. The number of nitrogens with one attached hydrogen (secondary N) is 1. The van der Waals surface area contributed by atoms with Crippen molar-refractivity contribution in [1.82, 2.24) is 15.2 Å². The molecule has 1 N–H and O–H groups in total. The molecule has 0 aliphatic carbocycles. The van der Waals surface area contributed by atoms with E-state index in [-0.39, 0.29) is 29.4 Å². The first-order valence-corrected chi connectivity index (χ1v) is 17.5. The van der Waals surface area contributed by atoms with E-state index in [4.69, 9.17) is 4.74 Å². The summed E-state index contributed by atoms with van der Waals surface area (Å²) in [5.74, 6) is -0.943. The molecule has 0 bridgehead atoms. The minimum atomic E-state index is -0.785. The highest BCUT2D eigenvalue weighted by Crippen LogP contribution is 2.47. The van der Waals surface area contributed by atoms with Gasteiger partial charge in [0.05, 0.1) is 15.3 Å². The van der Waals surface area contributed by atoms with E-state index in [1.807, 2.05) is 97.1 Å². The van der Waals surface area contributed by atoms with Crippen LogP contribution >= 0.6 is 34.9 Å². The Morgan fingerprint density at radius 2 is 1.57 bits per heavy atom. The number of benzene rings is 3. The van der Waals surface area contributed by atoms with Crippen LogP contribution in [0.25, 0.3) is 10.2 Å². The van der Waals surface area contributed by atoms with Crippen molar-refractivity contribution in [3.8, 4) is 0 Å². The Morgan fingerprint density at radius 1 is 0.915 bits per heavy atom. The molecule has 4 heterocycles. The molecule has 8 nitrogen and oxygen atoms in total. The molecule has 11 heteroatoms. The van der Waals surface area contributed by atoms with E-state index in [2.05, 4.69) is 10.3 Å². The molecule has 0 saturated carbocycles. The Labute approximate surface area is 282 Å². The second kappa shape index (κ2) is 13.6. The molecule has 3 aromatic carbocycles. The van der Waals surface area contributed by atoms with Crippen molar-refractivity contribution in [1.29, 1.82) is 0 Å². The Bertz CT molecular complexity index is 2020. The number of carbonyl (C=O) groups is 3. The van der Waals surface area contributed by atoms with Crippen LogP contribution in [0.5, 0.6) is 0 Å². The van der Waals surface area contributed by atoms with Gasteiger partial charge in [-0.1, -0.05) is 103 Å². The van der Waals surface area contributed by atoms with Gasteiger partial charge >= 0.3 is 5.97 Å². The number of thioether (sulfide) groups is 2. The van der Waals surface area contributed by atoms with E-state index < -0.39 is 23.5 Å². The predicted octanol–water partition coefficient (Wildman–Crippen LogP) is 5.94. The highest BCUT2D eigenvalue weighted by atomic mass is 32.2. The number of rotatable bonds is 9. The van der Waals surface area contributed by atoms with Gasteiger partial charge in [0.1, 0.15) is 22.6 Å². The second-order valence-electron chi connectivity index (χ2n) is 10.9. The lowest BCUT2D eigenvalue weighted by Gasteiger charge is -2.49. The molecule has 234 valence electrons. The van der Waals surface area contributed by atoms with Crippen molar-refractivity contribution in [2.24, 2.45) is 0 Å². The van der Waals surface area contributed by atoms with Crippen LogP contribution in [0.2, 0.25) is 0 Å². The molecule has 2 aliphatic rings. The topological polar surface area (TPSA) is 106 Å². The molecule has 1 fully saturated rings. The zero-order valence-electron chi connectivity index (χ0n) is 24.8. The van der Waals surface area contributed by atoms with Gasteiger partial charge < -0.3 is 10.1 Å². The highest BCUT2D eigenvalue weighted by Gasteiger charge is 2.54. The second-order valence-corrected chi connectivity index (χ2v) is 14.5. The molecule has 2 aromatic heterocycles. The molecular weight excluding hydrogens is 651 g/mol. The van der Waals surface area contributed by atoms with E-state index in [1.54, 1.807) is 12.3 Å². The van der Waals surface area contributed by atoms with Crippen molar-refractivity contribution in [2.45, 2.75) is 28.1 Å². The highest BCUT2D eigenvalue weighted by molar-refractivity contribution is 8.07. The van der Waals surface area contributed by atoms with E-state index in [9.17, 15) is 19.2 Å². The predicted molar refractivity (Wildman–Crippen MR) is 185 cm³/mol. The summed E-state index contributed by atoms with van der Waals surface area (Å²) in [6.07, 6.45) is 0.995. The van der Waals surface area contributed by atoms with E-state index in [0.717, 1.165) is 21.4 Å². The Hall–Kier alpha value is -4.71. The van der Waals surface area contributed by atoms with Crippen molar-refractivity contribution in [3.05, 3.63) is 153 Å². The molecule has 1 saturated heterocycles. The number of ether oxygens (including phenoxy) is 1. The van der Waals surface area contributed by atoms with Crippen LogP contribution in [-0.4, -0.2) is 44.8 Å². The fourth-order valence-corrected chi connectivity index (χ4v) is 9.39. The first-order valence-electron chi connectivity index (χ1n) is 14.8. The van der Waals surface area contributed by atoms with Gasteiger partial charge in [-0.25, -0.2) is 4.79 Å². The fraction of sp³-hybridized carbons (Fsp3) is 0.139. The maximum absolute atomic E-state index is 14.3. The van der Waals surface area contributed by atoms with Crippen LogP contribution in [0.4, 0.5) is 0 Å². The lowest BCUT2D eigenvalue weighted by Crippen LogP contribution is -2.70. The van der Waals surface area contributed by atoms with Crippen LogP contribution in [0.1, 0.15) is 22.8 Å². The van der Waals surface area contributed by atoms with Gasteiger partial charge in [0.25, 0.3) is 5.91 Å². The van der Waals surface area contributed by atoms with E-state index in [0.29, 0.717) is 20.4 Å². The van der Waals surface area contributed by atoms with Crippen LogP contribution < -0.4 is 10.7 Å². The monoisotopic (exact) mass is 677 g/mol. The maximum Gasteiger partial charge on any atom is 0.356 e. The largest absolute Gasteiger partial charge is 0.448 e. The van der Waals surface area contributed by atoms with Crippen molar-refractivity contribution in [3.63, 3.8) is 0 Å². The summed E-state index contributed by atoms with van der Waals surface area (Å²) in [5, 5.41) is 2.39. The minimum Gasteiger partial charge on any atom is -0.448 e. The van der Waals surface area contributed by atoms with Gasteiger partial charge in [0.15, 0.2) is 6.10 Å². The lowest BCUT2D eigenvalue weighted by molar-refractivity contribution is -0.154. The Kier molecular flexibility index (Phi) is 8.92. The summed E-state index contributed by atoms with van der Waals surface area (Å²) in [6.45, 7) is 0. The first-order chi connectivity index (χ1) is 23.0. The maximum atomic E-state index is 14.3. The number of aromatic nitrogens is 1. The molecule has 7 rings (SSSR count). The number of hydrogen-bond acceptors (Lipinski definition) is 9. The molecule has 2 amide bonds. The molecular formula is C36H27N3O5S3. The lowest BCUT2D eigenvalue weighted by atomic mass is 10.0. The number of pyridine rings is 1. The van der Waals surface area contributed by atoms with Crippen molar-refractivity contribution in [2.75, 3.05) is 5.75 Å². The number of hydrogen-bond donors (Lipinski definition) is 1. The minimum absolute atomic E-state index is 0.125. The molecule has 5 aromatic rings.